The molecule has 1 heterocycles. The second-order valence-corrected chi connectivity index (χ2v) is 5.09. The zero-order chi connectivity index (χ0) is 13.7. The van der Waals surface area contributed by atoms with E-state index in [4.69, 9.17) is 17.3 Å². The highest BCUT2D eigenvalue weighted by molar-refractivity contribution is 6.32. The minimum atomic E-state index is -0.122. The van der Waals surface area contributed by atoms with Gasteiger partial charge in [0.1, 0.15) is 5.70 Å². The molecule has 0 atom stereocenters. The highest BCUT2D eigenvalue weighted by atomic mass is 35.5. The first-order valence-electron chi connectivity index (χ1n) is 6.06. The molecule has 0 aromatic rings. The molecule has 1 aliphatic heterocycles. The molecule has 2 N–H and O–H groups in total. The van der Waals surface area contributed by atoms with Crippen LogP contribution in [0.1, 0.15) is 26.7 Å². The second kappa shape index (κ2) is 6.59. The number of hydrogen-bond donors (Lipinski definition) is 1. The van der Waals surface area contributed by atoms with Crippen molar-refractivity contribution in [1.82, 2.24) is 4.90 Å². The molecule has 0 aliphatic carbocycles. The Morgan fingerprint density at radius 1 is 1.50 bits per heavy atom. The smallest absolute Gasteiger partial charge is 0.272 e. The van der Waals surface area contributed by atoms with Crippen molar-refractivity contribution < 1.29 is 4.79 Å². The largest absolute Gasteiger partial charge is 0.390 e. The third kappa shape index (κ3) is 3.60. The van der Waals surface area contributed by atoms with Crippen molar-refractivity contribution in [2.75, 3.05) is 13.1 Å². The van der Waals surface area contributed by atoms with E-state index < -0.39 is 0 Å². The maximum atomic E-state index is 12.3. The van der Waals surface area contributed by atoms with Gasteiger partial charge in [-0.2, -0.15) is 0 Å². The summed E-state index contributed by atoms with van der Waals surface area (Å²) in [6, 6.07) is 0. The molecule has 0 saturated carbocycles. The predicted octanol–water partition coefficient (Wildman–Crippen LogP) is 2.26. The van der Waals surface area contributed by atoms with Gasteiger partial charge in [0.2, 0.25) is 0 Å². The summed E-state index contributed by atoms with van der Waals surface area (Å²) in [7, 11) is 0. The molecule has 0 aromatic carbocycles. The number of nitrogens with two attached hydrogens (primary N) is 1. The van der Waals surface area contributed by atoms with E-state index in [9.17, 15) is 4.79 Å². The van der Waals surface area contributed by atoms with Crippen LogP contribution in [0.3, 0.4) is 0 Å². The summed E-state index contributed by atoms with van der Waals surface area (Å²) in [6.45, 7) is 9.05. The Bertz CT molecular complexity index is 393. The molecule has 1 saturated heterocycles. The number of amides is 1. The van der Waals surface area contributed by atoms with Crippen LogP contribution in [0, 0.1) is 5.92 Å². The average molecular weight is 270 g/mol. The van der Waals surface area contributed by atoms with Gasteiger partial charge in [-0.25, -0.2) is 4.99 Å². The van der Waals surface area contributed by atoms with Gasteiger partial charge >= 0.3 is 0 Å². The van der Waals surface area contributed by atoms with Gasteiger partial charge in [0.05, 0.1) is 6.34 Å². The van der Waals surface area contributed by atoms with Gasteiger partial charge in [-0.05, 0) is 31.3 Å². The minimum Gasteiger partial charge on any atom is -0.390 e. The molecule has 100 valence electrons. The minimum absolute atomic E-state index is 0.122. The molecular weight excluding hydrogens is 250 g/mol. The van der Waals surface area contributed by atoms with Crippen molar-refractivity contribution in [2.24, 2.45) is 16.6 Å². The number of carbonyl (C=O) groups excluding carboxylic acids is 1. The maximum absolute atomic E-state index is 12.3. The molecule has 0 aromatic heterocycles. The van der Waals surface area contributed by atoms with Gasteiger partial charge in [0, 0.05) is 18.1 Å². The molecule has 1 amide bonds. The molecule has 0 spiro atoms. The molecule has 0 unspecified atom stereocenters. The quantitative estimate of drug-likeness (QED) is 0.370. The molecular formula is C13H20ClN3O. The van der Waals surface area contributed by atoms with E-state index >= 15 is 0 Å². The summed E-state index contributed by atoms with van der Waals surface area (Å²) in [5, 5.41) is 0.314. The van der Waals surface area contributed by atoms with Crippen LogP contribution in [0.4, 0.5) is 0 Å². The predicted molar refractivity (Wildman–Crippen MR) is 75.4 cm³/mol. The first-order chi connectivity index (χ1) is 8.47. The lowest BCUT2D eigenvalue weighted by molar-refractivity contribution is -0.128. The molecule has 1 rings (SSSR count). The van der Waals surface area contributed by atoms with Crippen LogP contribution in [-0.2, 0) is 4.79 Å². The molecule has 1 fully saturated rings. The number of likely N-dealkylation sites (tertiary alicyclic amines) is 1. The third-order valence-corrected chi connectivity index (χ3v) is 3.52. The Morgan fingerprint density at radius 2 is 2.06 bits per heavy atom. The first-order valence-corrected chi connectivity index (χ1v) is 6.44. The van der Waals surface area contributed by atoms with Crippen LogP contribution in [0.15, 0.2) is 27.9 Å². The van der Waals surface area contributed by atoms with Crippen molar-refractivity contribution in [3.05, 3.63) is 22.9 Å². The molecule has 1 aliphatic rings. The second-order valence-electron chi connectivity index (χ2n) is 4.63. The number of allylic oxidation sites excluding steroid dienone is 2. The highest BCUT2D eigenvalue weighted by Crippen LogP contribution is 2.22. The molecule has 4 nitrogen and oxygen atoms in total. The van der Waals surface area contributed by atoms with E-state index in [-0.39, 0.29) is 11.6 Å². The number of rotatable bonds is 3. The number of aliphatic imine (C=N–C) groups is 1. The van der Waals surface area contributed by atoms with E-state index in [1.165, 1.54) is 0 Å². The number of hydrogen-bond acceptors (Lipinski definition) is 2. The van der Waals surface area contributed by atoms with Crippen LogP contribution >= 0.6 is 11.6 Å². The van der Waals surface area contributed by atoms with Crippen molar-refractivity contribution >= 4 is 23.8 Å². The van der Waals surface area contributed by atoms with E-state index in [0.717, 1.165) is 32.3 Å². The lowest BCUT2D eigenvalue weighted by Crippen LogP contribution is -2.38. The summed E-state index contributed by atoms with van der Waals surface area (Å²) >= 11 is 5.83. The van der Waals surface area contributed by atoms with Crippen LogP contribution in [0.2, 0.25) is 0 Å². The van der Waals surface area contributed by atoms with E-state index in [2.05, 4.69) is 18.5 Å². The summed E-state index contributed by atoms with van der Waals surface area (Å²) in [5.74, 6) is 0.548. The van der Waals surface area contributed by atoms with Gasteiger partial charge in [0.15, 0.2) is 0 Å². The van der Waals surface area contributed by atoms with Crippen LogP contribution in [0.5, 0.6) is 0 Å². The zero-order valence-corrected chi connectivity index (χ0v) is 11.7. The summed E-state index contributed by atoms with van der Waals surface area (Å²) in [6.07, 6.45) is 3.15. The average Bonchev–Trinajstić information content (AvgIpc) is 2.35. The monoisotopic (exact) mass is 269 g/mol. The first kappa shape index (κ1) is 14.8. The molecule has 5 heteroatoms. The standard InChI is InChI=1S/C13H20ClN3O/c1-9-4-6-17(7-5-9)13(18)12(16-8-15)10(2)11(3)14/h8-9H,3-7H2,1-2H3,(H2,15,16)/b12-10-. The van der Waals surface area contributed by atoms with Crippen LogP contribution in [-0.4, -0.2) is 30.2 Å². The summed E-state index contributed by atoms with van der Waals surface area (Å²) in [4.78, 5) is 18.1. The van der Waals surface area contributed by atoms with Gasteiger partial charge in [-0.1, -0.05) is 25.1 Å². The normalized spacial score (nSPS) is 18.9. The SMILES string of the molecule is C=C(Cl)/C(C)=C(\N=C/N)C(=O)N1CCC(C)CC1. The van der Waals surface area contributed by atoms with Gasteiger partial charge < -0.3 is 10.6 Å². The number of carbonyl (C=O) groups is 1. The zero-order valence-electron chi connectivity index (χ0n) is 10.9. The Kier molecular flexibility index (Phi) is 5.41. The lowest BCUT2D eigenvalue weighted by atomic mass is 9.99. The Morgan fingerprint density at radius 3 is 2.50 bits per heavy atom. The highest BCUT2D eigenvalue weighted by Gasteiger charge is 2.24. The van der Waals surface area contributed by atoms with Gasteiger partial charge in [-0.3, -0.25) is 4.79 Å². The van der Waals surface area contributed by atoms with Crippen molar-refractivity contribution in [3.8, 4) is 0 Å². The van der Waals surface area contributed by atoms with Gasteiger partial charge in [0.25, 0.3) is 5.91 Å². The maximum Gasteiger partial charge on any atom is 0.272 e. The fraction of sp³-hybridized carbons (Fsp3) is 0.538. The molecule has 18 heavy (non-hydrogen) atoms. The summed E-state index contributed by atoms with van der Waals surface area (Å²) < 4.78 is 0. The Balaban J connectivity index is 2.91. The molecule has 0 radical (unpaired) electrons. The Hall–Kier alpha value is -1.29. The number of piperidine rings is 1. The van der Waals surface area contributed by atoms with E-state index in [1.54, 1.807) is 11.8 Å². The van der Waals surface area contributed by atoms with E-state index in [0.29, 0.717) is 16.5 Å². The fourth-order valence-electron chi connectivity index (χ4n) is 1.88. The lowest BCUT2D eigenvalue weighted by Gasteiger charge is -2.30. The topological polar surface area (TPSA) is 58.7 Å². The third-order valence-electron chi connectivity index (χ3n) is 3.24. The van der Waals surface area contributed by atoms with Gasteiger partial charge in [-0.15, -0.1) is 0 Å². The summed E-state index contributed by atoms with van der Waals surface area (Å²) in [5.41, 5.74) is 6.14. The van der Waals surface area contributed by atoms with Crippen LogP contribution < -0.4 is 5.73 Å². The Labute approximate surface area is 113 Å². The van der Waals surface area contributed by atoms with Crippen molar-refractivity contribution in [1.29, 1.82) is 0 Å². The fourth-order valence-corrected chi connectivity index (χ4v) is 1.97. The number of halogens is 1. The van der Waals surface area contributed by atoms with Crippen molar-refractivity contribution in [3.63, 3.8) is 0 Å². The molecule has 0 bridgehead atoms. The van der Waals surface area contributed by atoms with E-state index in [1.807, 2.05) is 0 Å². The number of nitrogens with zero attached hydrogens (tertiary/aromatic N) is 2. The van der Waals surface area contributed by atoms with Crippen molar-refractivity contribution in [2.45, 2.75) is 26.7 Å². The van der Waals surface area contributed by atoms with Crippen LogP contribution in [0.25, 0.3) is 0 Å².